The van der Waals surface area contributed by atoms with E-state index >= 15 is 0 Å². The van der Waals surface area contributed by atoms with Gasteiger partial charge in [-0.2, -0.15) is 10.1 Å². The van der Waals surface area contributed by atoms with E-state index in [1.165, 1.54) is 12.1 Å². The van der Waals surface area contributed by atoms with Crippen molar-refractivity contribution < 1.29 is 14.8 Å². The van der Waals surface area contributed by atoms with E-state index in [-0.39, 0.29) is 21.3 Å². The molecule has 0 unspecified atom stereocenters. The van der Waals surface area contributed by atoms with Crippen molar-refractivity contribution in [1.29, 1.82) is 0 Å². The average Bonchev–Trinajstić information content (AvgIpc) is 2.89. The lowest BCUT2D eigenvalue weighted by molar-refractivity contribution is -0.384. The number of thiocarbonyl (C=S) groups is 1. The SMILES string of the molecule is O=C1/C(=C\c2ccc(Br)cc2)SC(=S)N1/N=C/c1cc([N+](=O)[O-])ccc1O. The summed E-state index contributed by atoms with van der Waals surface area (Å²) in [6.45, 7) is 0. The van der Waals surface area contributed by atoms with Gasteiger partial charge in [0.1, 0.15) is 5.75 Å². The number of nitro groups is 1. The van der Waals surface area contributed by atoms with E-state index in [9.17, 15) is 20.0 Å². The third kappa shape index (κ3) is 4.41. The van der Waals surface area contributed by atoms with Gasteiger partial charge in [0.05, 0.1) is 16.0 Å². The summed E-state index contributed by atoms with van der Waals surface area (Å²) in [4.78, 5) is 23.2. The first kappa shape index (κ1) is 19.2. The van der Waals surface area contributed by atoms with Crippen LogP contribution in [0.1, 0.15) is 11.1 Å². The highest BCUT2D eigenvalue weighted by Gasteiger charge is 2.32. The van der Waals surface area contributed by atoms with Crippen LogP contribution >= 0.6 is 39.9 Å². The first-order chi connectivity index (χ1) is 12.8. The molecule has 3 rings (SSSR count). The molecule has 2 aromatic rings. The minimum atomic E-state index is -0.586. The van der Waals surface area contributed by atoms with Gasteiger partial charge in [0.25, 0.3) is 11.6 Å². The summed E-state index contributed by atoms with van der Waals surface area (Å²) in [5.41, 5.74) is 0.740. The average molecular weight is 464 g/mol. The molecular weight excluding hydrogens is 454 g/mol. The molecule has 1 amide bonds. The molecule has 0 atom stereocenters. The molecule has 0 saturated carbocycles. The topological polar surface area (TPSA) is 96.0 Å². The molecule has 7 nitrogen and oxygen atoms in total. The molecule has 1 fully saturated rings. The predicted molar refractivity (Wildman–Crippen MR) is 112 cm³/mol. The maximum Gasteiger partial charge on any atom is 0.286 e. The van der Waals surface area contributed by atoms with Gasteiger partial charge >= 0.3 is 0 Å². The first-order valence-electron chi connectivity index (χ1n) is 7.40. The Bertz CT molecular complexity index is 1010. The van der Waals surface area contributed by atoms with Gasteiger partial charge in [0, 0.05) is 22.2 Å². The van der Waals surface area contributed by atoms with Crippen molar-refractivity contribution in [3.05, 3.63) is 73.1 Å². The number of amides is 1. The zero-order chi connectivity index (χ0) is 19.6. The number of hydrazone groups is 1. The standard InChI is InChI=1S/C17H10BrN3O4S2/c18-12-3-1-10(2-4-12)7-15-16(23)20(17(26)27-15)19-9-11-8-13(21(24)25)5-6-14(11)22/h1-9,22H/b15-7+,19-9+. The third-order valence-electron chi connectivity index (χ3n) is 3.48. The van der Waals surface area contributed by atoms with Crippen molar-refractivity contribution in [2.45, 2.75) is 0 Å². The Hall–Kier alpha value is -2.56. The molecule has 10 heteroatoms. The quantitative estimate of drug-likeness (QED) is 0.238. The van der Waals surface area contributed by atoms with Gasteiger partial charge in [0.15, 0.2) is 4.32 Å². The highest BCUT2D eigenvalue weighted by Crippen LogP contribution is 2.33. The summed E-state index contributed by atoms with van der Waals surface area (Å²) in [6.07, 6.45) is 2.86. The molecule has 0 aromatic heterocycles. The van der Waals surface area contributed by atoms with Crippen LogP contribution in [-0.2, 0) is 4.79 Å². The molecule has 1 heterocycles. The number of aromatic hydroxyl groups is 1. The summed E-state index contributed by atoms with van der Waals surface area (Å²) in [5.74, 6) is -0.603. The van der Waals surface area contributed by atoms with Crippen LogP contribution in [0.25, 0.3) is 6.08 Å². The van der Waals surface area contributed by atoms with Crippen LogP contribution in [0.2, 0.25) is 0 Å². The molecule has 2 aromatic carbocycles. The minimum absolute atomic E-state index is 0.107. The monoisotopic (exact) mass is 463 g/mol. The predicted octanol–water partition coefficient (Wildman–Crippen LogP) is 4.30. The van der Waals surface area contributed by atoms with Crippen molar-refractivity contribution in [2.24, 2.45) is 5.10 Å². The van der Waals surface area contributed by atoms with E-state index in [0.717, 1.165) is 39.1 Å². The van der Waals surface area contributed by atoms with Gasteiger partial charge in [0.2, 0.25) is 0 Å². The van der Waals surface area contributed by atoms with Crippen molar-refractivity contribution >= 4 is 68.1 Å². The number of rotatable bonds is 4. The van der Waals surface area contributed by atoms with E-state index in [0.29, 0.717) is 4.91 Å². The number of non-ortho nitro benzene ring substituents is 1. The smallest absolute Gasteiger partial charge is 0.286 e. The van der Waals surface area contributed by atoms with Crippen LogP contribution in [-0.4, -0.2) is 31.5 Å². The Morgan fingerprint density at radius 3 is 2.63 bits per heavy atom. The van der Waals surface area contributed by atoms with E-state index in [1.54, 1.807) is 6.08 Å². The van der Waals surface area contributed by atoms with E-state index in [2.05, 4.69) is 21.0 Å². The number of carbonyl (C=O) groups excluding carboxylic acids is 1. The lowest BCUT2D eigenvalue weighted by Crippen LogP contribution is -2.22. The van der Waals surface area contributed by atoms with Gasteiger partial charge < -0.3 is 5.11 Å². The molecule has 136 valence electrons. The molecular formula is C17H10BrN3O4S2. The van der Waals surface area contributed by atoms with Crippen LogP contribution in [0, 0.1) is 10.1 Å². The van der Waals surface area contributed by atoms with Crippen molar-refractivity contribution in [3.8, 4) is 5.75 Å². The zero-order valence-electron chi connectivity index (χ0n) is 13.4. The van der Waals surface area contributed by atoms with Crippen LogP contribution < -0.4 is 0 Å². The van der Waals surface area contributed by atoms with Gasteiger partial charge in [-0.25, -0.2) is 0 Å². The minimum Gasteiger partial charge on any atom is -0.507 e. The fourth-order valence-corrected chi connectivity index (χ4v) is 3.59. The Morgan fingerprint density at radius 1 is 1.26 bits per heavy atom. The van der Waals surface area contributed by atoms with Crippen molar-refractivity contribution in [2.75, 3.05) is 0 Å². The highest BCUT2D eigenvalue weighted by molar-refractivity contribution is 9.10. The third-order valence-corrected chi connectivity index (χ3v) is 5.29. The Labute approximate surface area is 171 Å². The number of hydrogen-bond donors (Lipinski definition) is 1. The fraction of sp³-hybridized carbons (Fsp3) is 0. The lowest BCUT2D eigenvalue weighted by atomic mass is 10.2. The second kappa shape index (κ2) is 7.99. The van der Waals surface area contributed by atoms with Gasteiger partial charge in [-0.3, -0.25) is 14.9 Å². The van der Waals surface area contributed by atoms with Crippen molar-refractivity contribution in [3.63, 3.8) is 0 Å². The molecule has 0 bridgehead atoms. The molecule has 0 spiro atoms. The number of phenolic OH excluding ortho intramolecular Hbond substituents is 1. The summed E-state index contributed by atoms with van der Waals surface area (Å²) >= 11 is 9.63. The van der Waals surface area contributed by atoms with Crippen LogP contribution in [0.15, 0.2) is 56.9 Å². The molecule has 1 saturated heterocycles. The first-order valence-corrected chi connectivity index (χ1v) is 9.42. The summed E-state index contributed by atoms with van der Waals surface area (Å²) in [6, 6.07) is 10.9. The van der Waals surface area contributed by atoms with Crippen molar-refractivity contribution in [1.82, 2.24) is 5.01 Å². The summed E-state index contributed by atoms with van der Waals surface area (Å²) in [5, 5.41) is 25.7. The Balaban J connectivity index is 1.84. The normalized spacial score (nSPS) is 15.9. The number of nitrogens with zero attached hydrogens (tertiary/aromatic N) is 3. The maximum absolute atomic E-state index is 12.5. The number of phenols is 1. The number of thioether (sulfide) groups is 1. The van der Waals surface area contributed by atoms with Crippen LogP contribution in [0.4, 0.5) is 5.69 Å². The molecule has 0 radical (unpaired) electrons. The van der Waals surface area contributed by atoms with E-state index in [4.69, 9.17) is 12.2 Å². The van der Waals surface area contributed by atoms with Crippen LogP contribution in [0.5, 0.6) is 5.75 Å². The van der Waals surface area contributed by atoms with Crippen LogP contribution in [0.3, 0.4) is 0 Å². The number of benzene rings is 2. The summed E-state index contributed by atoms with van der Waals surface area (Å²) in [7, 11) is 0. The number of halogens is 1. The largest absolute Gasteiger partial charge is 0.507 e. The Kier molecular flexibility index (Phi) is 5.68. The number of nitro benzene ring substituents is 1. The molecule has 1 N–H and O–H groups in total. The summed E-state index contributed by atoms with van der Waals surface area (Å²) < 4.78 is 1.15. The van der Waals surface area contributed by atoms with Gasteiger partial charge in [-0.05, 0) is 42.1 Å². The van der Waals surface area contributed by atoms with E-state index in [1.807, 2.05) is 24.3 Å². The fourth-order valence-electron chi connectivity index (χ4n) is 2.15. The maximum atomic E-state index is 12.5. The zero-order valence-corrected chi connectivity index (χ0v) is 16.6. The number of hydrogen-bond acceptors (Lipinski definition) is 7. The second-order valence-corrected chi connectivity index (χ2v) is 7.88. The number of carbonyl (C=O) groups is 1. The molecule has 1 aliphatic heterocycles. The highest BCUT2D eigenvalue weighted by atomic mass is 79.9. The van der Waals surface area contributed by atoms with E-state index < -0.39 is 10.8 Å². The van der Waals surface area contributed by atoms with Gasteiger partial charge in [-0.1, -0.05) is 39.8 Å². The molecule has 1 aliphatic rings. The molecule has 27 heavy (non-hydrogen) atoms. The second-order valence-electron chi connectivity index (χ2n) is 5.29. The Morgan fingerprint density at radius 2 is 1.96 bits per heavy atom. The molecule has 0 aliphatic carbocycles. The lowest BCUT2D eigenvalue weighted by Gasteiger charge is -2.06. The van der Waals surface area contributed by atoms with Gasteiger partial charge in [-0.15, -0.1) is 0 Å².